The summed E-state index contributed by atoms with van der Waals surface area (Å²) in [6, 6.07) is 19.8. The second kappa shape index (κ2) is 9.17. The Morgan fingerprint density at radius 2 is 1.68 bits per heavy atom. The molecule has 0 aliphatic rings. The van der Waals surface area contributed by atoms with E-state index in [1.54, 1.807) is 72.8 Å². The zero-order valence-corrected chi connectivity index (χ0v) is 15.9. The number of carbonyl (C=O) groups excluding carboxylic acids is 2. The first-order chi connectivity index (χ1) is 13.5. The van der Waals surface area contributed by atoms with Crippen molar-refractivity contribution in [2.45, 2.75) is 0 Å². The summed E-state index contributed by atoms with van der Waals surface area (Å²) in [5, 5.41) is 4.78. The molecule has 0 bridgehead atoms. The molecule has 0 fully saturated rings. The van der Waals surface area contributed by atoms with Crippen LogP contribution in [0.1, 0.15) is 26.3 Å². The Hall–Kier alpha value is -3.15. The summed E-state index contributed by atoms with van der Waals surface area (Å²) in [6.45, 7) is 0. The van der Waals surface area contributed by atoms with Crippen LogP contribution < -0.4 is 10.2 Å². The molecule has 0 aliphatic carbocycles. The number of nitrogens with zero attached hydrogens (tertiary/aromatic N) is 1. The molecular formula is C21H14Cl2N2O3. The predicted octanol–water partition coefficient (Wildman–Crippen LogP) is 4.98. The van der Waals surface area contributed by atoms with E-state index >= 15 is 0 Å². The summed E-state index contributed by atoms with van der Waals surface area (Å²) in [5.74, 6) is -0.578. The molecule has 0 unspecified atom stereocenters. The van der Waals surface area contributed by atoms with Gasteiger partial charge < -0.3 is 4.74 Å². The maximum absolute atomic E-state index is 12.2. The number of esters is 1. The second-order valence-electron chi connectivity index (χ2n) is 5.65. The SMILES string of the molecule is O=C(Oc1cccc(/C=N\NC(=O)c2ccccc2Cl)c1)c1ccc(Cl)cc1. The van der Waals surface area contributed by atoms with E-state index < -0.39 is 11.9 Å². The average Bonchev–Trinajstić information content (AvgIpc) is 2.69. The summed E-state index contributed by atoms with van der Waals surface area (Å²) >= 11 is 11.8. The molecule has 0 aromatic heterocycles. The lowest BCUT2D eigenvalue weighted by Crippen LogP contribution is -2.17. The number of hydrazone groups is 1. The van der Waals surface area contributed by atoms with Crippen LogP contribution in [0.2, 0.25) is 10.0 Å². The van der Waals surface area contributed by atoms with Crippen LogP contribution in [-0.2, 0) is 0 Å². The molecule has 0 saturated carbocycles. The van der Waals surface area contributed by atoms with E-state index in [4.69, 9.17) is 27.9 Å². The van der Waals surface area contributed by atoms with E-state index in [1.807, 2.05) is 0 Å². The fourth-order valence-electron chi connectivity index (χ4n) is 2.28. The van der Waals surface area contributed by atoms with Gasteiger partial charge in [0.25, 0.3) is 5.91 Å². The van der Waals surface area contributed by atoms with Crippen molar-refractivity contribution in [3.05, 3.63) is 99.5 Å². The number of rotatable bonds is 5. The van der Waals surface area contributed by atoms with Crippen molar-refractivity contribution in [2.24, 2.45) is 5.10 Å². The molecule has 0 saturated heterocycles. The average molecular weight is 413 g/mol. The fourth-order valence-corrected chi connectivity index (χ4v) is 2.63. The third kappa shape index (κ3) is 5.19. The van der Waals surface area contributed by atoms with Crippen LogP contribution in [0.5, 0.6) is 5.75 Å². The van der Waals surface area contributed by atoms with E-state index in [0.29, 0.717) is 32.5 Å². The molecule has 140 valence electrons. The van der Waals surface area contributed by atoms with Crippen molar-refractivity contribution in [3.8, 4) is 5.75 Å². The predicted molar refractivity (Wildman–Crippen MR) is 109 cm³/mol. The van der Waals surface area contributed by atoms with E-state index in [-0.39, 0.29) is 0 Å². The van der Waals surface area contributed by atoms with Gasteiger partial charge in [-0.2, -0.15) is 5.10 Å². The van der Waals surface area contributed by atoms with Gasteiger partial charge in [-0.1, -0.05) is 47.5 Å². The molecule has 1 amide bonds. The summed E-state index contributed by atoms with van der Waals surface area (Å²) in [7, 11) is 0. The van der Waals surface area contributed by atoms with Crippen LogP contribution >= 0.6 is 23.2 Å². The molecule has 7 heteroatoms. The van der Waals surface area contributed by atoms with Crippen LogP contribution in [0.15, 0.2) is 77.9 Å². The van der Waals surface area contributed by atoms with Crippen molar-refractivity contribution in [3.63, 3.8) is 0 Å². The van der Waals surface area contributed by atoms with Gasteiger partial charge in [-0.25, -0.2) is 10.2 Å². The van der Waals surface area contributed by atoms with Crippen LogP contribution in [0.4, 0.5) is 0 Å². The number of nitrogens with one attached hydrogen (secondary N) is 1. The number of benzene rings is 3. The van der Waals surface area contributed by atoms with Gasteiger partial charge in [-0.3, -0.25) is 4.79 Å². The van der Waals surface area contributed by atoms with E-state index in [1.165, 1.54) is 6.21 Å². The van der Waals surface area contributed by atoms with Gasteiger partial charge in [0.05, 0.1) is 22.4 Å². The maximum atomic E-state index is 12.2. The highest BCUT2D eigenvalue weighted by Gasteiger charge is 2.09. The van der Waals surface area contributed by atoms with Gasteiger partial charge in [-0.05, 0) is 54.1 Å². The normalized spacial score (nSPS) is 10.6. The number of ether oxygens (including phenoxy) is 1. The lowest BCUT2D eigenvalue weighted by Gasteiger charge is -2.05. The number of amides is 1. The summed E-state index contributed by atoms with van der Waals surface area (Å²) < 4.78 is 5.34. The minimum Gasteiger partial charge on any atom is -0.423 e. The Kier molecular flexibility index (Phi) is 6.42. The van der Waals surface area contributed by atoms with Crippen molar-refractivity contribution in [1.29, 1.82) is 0 Å². The Balaban J connectivity index is 1.63. The summed E-state index contributed by atoms with van der Waals surface area (Å²) in [4.78, 5) is 24.2. The molecule has 5 nitrogen and oxygen atoms in total. The van der Waals surface area contributed by atoms with Crippen LogP contribution in [0.25, 0.3) is 0 Å². The van der Waals surface area contributed by atoms with Gasteiger partial charge in [-0.15, -0.1) is 0 Å². The molecule has 0 aliphatic heterocycles. The highest BCUT2D eigenvalue weighted by atomic mass is 35.5. The number of halogens is 2. The molecule has 28 heavy (non-hydrogen) atoms. The topological polar surface area (TPSA) is 67.8 Å². The monoisotopic (exact) mass is 412 g/mol. The smallest absolute Gasteiger partial charge is 0.343 e. The largest absolute Gasteiger partial charge is 0.423 e. The first-order valence-corrected chi connectivity index (χ1v) is 8.94. The zero-order valence-electron chi connectivity index (χ0n) is 14.4. The van der Waals surface area contributed by atoms with Crippen molar-refractivity contribution in [2.75, 3.05) is 0 Å². The molecule has 1 N–H and O–H groups in total. The van der Waals surface area contributed by atoms with E-state index in [9.17, 15) is 9.59 Å². The molecule has 0 spiro atoms. The van der Waals surface area contributed by atoms with Gasteiger partial charge in [0.2, 0.25) is 0 Å². The lowest BCUT2D eigenvalue weighted by molar-refractivity contribution is 0.0734. The molecule has 0 atom stereocenters. The Morgan fingerprint density at radius 1 is 0.929 bits per heavy atom. The van der Waals surface area contributed by atoms with Crippen LogP contribution in [0.3, 0.4) is 0 Å². The molecule has 3 rings (SSSR count). The quantitative estimate of drug-likeness (QED) is 0.278. The third-order valence-corrected chi connectivity index (χ3v) is 4.23. The second-order valence-corrected chi connectivity index (χ2v) is 6.49. The van der Waals surface area contributed by atoms with Crippen molar-refractivity contribution >= 4 is 41.3 Å². The van der Waals surface area contributed by atoms with Gasteiger partial charge in [0.15, 0.2) is 0 Å². The Morgan fingerprint density at radius 3 is 2.43 bits per heavy atom. The molecule has 3 aromatic rings. The number of hydrogen-bond donors (Lipinski definition) is 1. The number of carbonyl (C=O) groups is 2. The molecule has 3 aromatic carbocycles. The first kappa shape index (κ1) is 19.6. The molecule has 0 heterocycles. The minimum absolute atomic E-state index is 0.326. The Bertz CT molecular complexity index is 1030. The fraction of sp³-hybridized carbons (Fsp3) is 0. The van der Waals surface area contributed by atoms with E-state index in [2.05, 4.69) is 10.5 Å². The standard InChI is InChI=1S/C21H14Cl2N2O3/c22-16-10-8-15(9-11-16)21(27)28-17-5-3-4-14(12-17)13-24-25-20(26)18-6-1-2-7-19(18)23/h1-13H,(H,25,26)/b24-13-. The highest BCUT2D eigenvalue weighted by molar-refractivity contribution is 6.33. The zero-order chi connectivity index (χ0) is 19.9. The Labute approximate surface area is 171 Å². The van der Waals surface area contributed by atoms with Gasteiger partial charge in [0, 0.05) is 5.02 Å². The van der Waals surface area contributed by atoms with Crippen molar-refractivity contribution < 1.29 is 14.3 Å². The van der Waals surface area contributed by atoms with Gasteiger partial charge >= 0.3 is 5.97 Å². The maximum Gasteiger partial charge on any atom is 0.343 e. The molecular weight excluding hydrogens is 399 g/mol. The van der Waals surface area contributed by atoms with Crippen molar-refractivity contribution in [1.82, 2.24) is 5.43 Å². The minimum atomic E-state index is -0.502. The van der Waals surface area contributed by atoms with Crippen LogP contribution in [0, 0.1) is 0 Å². The summed E-state index contributed by atoms with van der Waals surface area (Å²) in [5.41, 5.74) is 3.76. The van der Waals surface area contributed by atoms with Crippen LogP contribution in [-0.4, -0.2) is 18.1 Å². The summed E-state index contributed by atoms with van der Waals surface area (Å²) in [6.07, 6.45) is 1.44. The van der Waals surface area contributed by atoms with Gasteiger partial charge in [0.1, 0.15) is 5.75 Å². The third-order valence-electron chi connectivity index (χ3n) is 3.65. The first-order valence-electron chi connectivity index (χ1n) is 8.19. The molecule has 0 radical (unpaired) electrons. The lowest BCUT2D eigenvalue weighted by atomic mass is 10.2. The van der Waals surface area contributed by atoms with E-state index in [0.717, 1.165) is 0 Å². The highest BCUT2D eigenvalue weighted by Crippen LogP contribution is 2.16. The number of hydrogen-bond acceptors (Lipinski definition) is 4.